The van der Waals surface area contributed by atoms with Crippen LogP contribution >= 0.6 is 27.5 Å². The lowest BCUT2D eigenvalue weighted by Gasteiger charge is -2.23. The van der Waals surface area contributed by atoms with Crippen LogP contribution in [-0.2, 0) is 16.1 Å². The van der Waals surface area contributed by atoms with Crippen LogP contribution in [0.15, 0.2) is 47.1 Å². The second-order valence-electron chi connectivity index (χ2n) is 6.98. The lowest BCUT2D eigenvalue weighted by atomic mass is 9.82. The van der Waals surface area contributed by atoms with Gasteiger partial charge in [-0.25, -0.2) is 0 Å². The van der Waals surface area contributed by atoms with E-state index in [0.717, 1.165) is 12.0 Å². The van der Waals surface area contributed by atoms with E-state index in [1.54, 1.807) is 10.9 Å². The van der Waals surface area contributed by atoms with Crippen molar-refractivity contribution in [3.63, 3.8) is 0 Å². The third-order valence-corrected chi connectivity index (χ3v) is 6.10. The predicted molar refractivity (Wildman–Crippen MR) is 104 cm³/mol. The first-order valence-electron chi connectivity index (χ1n) is 8.62. The number of carboxylic acids is 1. The van der Waals surface area contributed by atoms with Gasteiger partial charge in [0.2, 0.25) is 5.91 Å². The number of benzene rings is 1. The maximum absolute atomic E-state index is 12.8. The van der Waals surface area contributed by atoms with Crippen LogP contribution in [0.1, 0.15) is 12.0 Å². The Balaban J connectivity index is 1.49. The minimum Gasteiger partial charge on any atom is -0.481 e. The van der Waals surface area contributed by atoms with E-state index in [4.69, 9.17) is 11.6 Å². The van der Waals surface area contributed by atoms with Gasteiger partial charge in [-0.3, -0.25) is 14.3 Å². The van der Waals surface area contributed by atoms with Crippen LogP contribution in [0, 0.1) is 23.7 Å². The molecule has 1 amide bonds. The van der Waals surface area contributed by atoms with E-state index >= 15 is 0 Å². The highest BCUT2D eigenvalue weighted by Gasteiger charge is 2.51. The molecular weight excluding hydrogens is 434 g/mol. The molecule has 8 heteroatoms. The summed E-state index contributed by atoms with van der Waals surface area (Å²) in [7, 11) is 0. The maximum Gasteiger partial charge on any atom is 0.307 e. The molecule has 2 aliphatic rings. The molecule has 0 radical (unpaired) electrons. The average molecular weight is 451 g/mol. The van der Waals surface area contributed by atoms with Crippen LogP contribution < -0.4 is 5.32 Å². The van der Waals surface area contributed by atoms with Crippen molar-refractivity contribution in [3.8, 4) is 0 Å². The fourth-order valence-corrected chi connectivity index (χ4v) is 4.60. The average Bonchev–Trinajstić information content (AvgIpc) is 3.32. The minimum atomic E-state index is -0.917. The molecule has 1 fully saturated rings. The molecule has 0 unspecified atom stereocenters. The van der Waals surface area contributed by atoms with Gasteiger partial charge in [-0.05, 0) is 51.9 Å². The smallest absolute Gasteiger partial charge is 0.307 e. The summed E-state index contributed by atoms with van der Waals surface area (Å²) in [6.07, 6.45) is 6.38. The molecule has 4 rings (SSSR count). The Morgan fingerprint density at radius 1 is 1.22 bits per heavy atom. The second kappa shape index (κ2) is 7.13. The van der Waals surface area contributed by atoms with Crippen LogP contribution in [0.5, 0.6) is 0 Å². The molecule has 1 aromatic heterocycles. The van der Waals surface area contributed by atoms with E-state index in [-0.39, 0.29) is 17.7 Å². The number of aromatic nitrogens is 2. The Labute approximate surface area is 169 Å². The molecule has 1 aromatic carbocycles. The molecule has 6 nitrogen and oxygen atoms in total. The highest BCUT2D eigenvalue weighted by Crippen LogP contribution is 2.48. The Hall–Kier alpha value is -2.12. The summed E-state index contributed by atoms with van der Waals surface area (Å²) in [6, 6.07) is 7.45. The van der Waals surface area contributed by atoms with E-state index in [2.05, 4.69) is 26.3 Å². The first kappa shape index (κ1) is 18.3. The number of nitrogens with zero attached hydrogens (tertiary/aromatic N) is 2. The molecule has 1 saturated carbocycles. The minimum absolute atomic E-state index is 0.0222. The fraction of sp³-hybridized carbons (Fsp3) is 0.316. The molecule has 140 valence electrons. The third-order valence-electron chi connectivity index (χ3n) is 5.26. The summed E-state index contributed by atoms with van der Waals surface area (Å²) in [4.78, 5) is 24.4. The first-order chi connectivity index (χ1) is 12.9. The molecule has 2 aliphatic carbocycles. The number of halogens is 2. The summed E-state index contributed by atoms with van der Waals surface area (Å²) in [5.41, 5.74) is 1.02. The zero-order valence-corrected chi connectivity index (χ0v) is 16.5. The van der Waals surface area contributed by atoms with E-state index in [0.29, 0.717) is 21.9 Å². The number of aliphatic carboxylic acids is 1. The summed E-state index contributed by atoms with van der Waals surface area (Å²) in [6.45, 7) is 0.528. The number of nitrogens with one attached hydrogen (secondary N) is 1. The quantitative estimate of drug-likeness (QED) is 0.679. The van der Waals surface area contributed by atoms with Gasteiger partial charge in [0.1, 0.15) is 0 Å². The number of amides is 1. The van der Waals surface area contributed by atoms with Crippen molar-refractivity contribution in [2.24, 2.45) is 23.7 Å². The summed E-state index contributed by atoms with van der Waals surface area (Å²) >= 11 is 9.32. The van der Waals surface area contributed by atoms with E-state index in [9.17, 15) is 14.7 Å². The Morgan fingerprint density at radius 2 is 1.89 bits per heavy atom. The standard InChI is InChI=1S/C19H17BrClN3O3/c20-14-9-24(8-10-1-5-13(21)6-2-10)23-17(14)22-18(25)15-11-3-4-12(7-11)16(15)19(26)27/h1-6,9,11-12,15-16H,7-8H2,(H,26,27)(H,22,23,25)/t11-,12+,15-,16+/m1/s1. The van der Waals surface area contributed by atoms with Gasteiger partial charge in [0.25, 0.3) is 0 Å². The van der Waals surface area contributed by atoms with E-state index in [1.165, 1.54) is 0 Å². The largest absolute Gasteiger partial charge is 0.481 e. The number of allylic oxidation sites excluding steroid dienone is 2. The molecule has 4 atom stereocenters. The van der Waals surface area contributed by atoms with Crippen molar-refractivity contribution < 1.29 is 14.7 Å². The van der Waals surface area contributed by atoms with Crippen LogP contribution in [0.3, 0.4) is 0 Å². The highest BCUT2D eigenvalue weighted by atomic mass is 79.9. The van der Waals surface area contributed by atoms with Crippen molar-refractivity contribution in [1.82, 2.24) is 9.78 Å². The highest BCUT2D eigenvalue weighted by molar-refractivity contribution is 9.10. The zero-order valence-electron chi connectivity index (χ0n) is 14.2. The van der Waals surface area contributed by atoms with Gasteiger partial charge < -0.3 is 10.4 Å². The first-order valence-corrected chi connectivity index (χ1v) is 9.79. The summed E-state index contributed by atoms with van der Waals surface area (Å²) < 4.78 is 2.36. The Kier molecular flexibility index (Phi) is 4.82. The van der Waals surface area contributed by atoms with Crippen molar-refractivity contribution in [2.75, 3.05) is 5.32 Å². The normalized spacial score (nSPS) is 25.7. The van der Waals surface area contributed by atoms with Crippen molar-refractivity contribution in [3.05, 3.63) is 57.7 Å². The molecule has 1 heterocycles. The van der Waals surface area contributed by atoms with Gasteiger partial charge >= 0.3 is 5.97 Å². The lowest BCUT2D eigenvalue weighted by molar-refractivity contribution is -0.146. The molecule has 2 bridgehead atoms. The summed E-state index contributed by atoms with van der Waals surface area (Å²) in [5.74, 6) is -2.14. The summed E-state index contributed by atoms with van der Waals surface area (Å²) in [5, 5.41) is 17.4. The van der Waals surface area contributed by atoms with E-state index in [1.807, 2.05) is 36.4 Å². The molecule has 0 saturated heterocycles. The van der Waals surface area contributed by atoms with Crippen molar-refractivity contribution in [1.29, 1.82) is 0 Å². The molecular formula is C19H17BrClN3O3. The number of rotatable bonds is 5. The number of anilines is 1. The lowest BCUT2D eigenvalue weighted by Crippen LogP contribution is -2.36. The Morgan fingerprint density at radius 3 is 2.56 bits per heavy atom. The number of hydrogen-bond acceptors (Lipinski definition) is 3. The Bertz CT molecular complexity index is 925. The van der Waals surface area contributed by atoms with Crippen LogP contribution in [0.4, 0.5) is 5.82 Å². The van der Waals surface area contributed by atoms with Gasteiger partial charge in [0.05, 0.1) is 22.9 Å². The molecule has 27 heavy (non-hydrogen) atoms. The fourth-order valence-electron chi connectivity index (χ4n) is 4.06. The van der Waals surface area contributed by atoms with Crippen LogP contribution in [0.25, 0.3) is 0 Å². The number of fused-ring (bicyclic) bond motifs is 2. The molecule has 2 N–H and O–H groups in total. The van der Waals surface area contributed by atoms with Crippen LogP contribution in [-0.4, -0.2) is 26.8 Å². The topological polar surface area (TPSA) is 84.2 Å². The predicted octanol–water partition coefficient (Wildman–Crippen LogP) is 3.81. The van der Waals surface area contributed by atoms with Crippen LogP contribution in [0.2, 0.25) is 5.02 Å². The SMILES string of the molecule is O=C(O)[C@@H]1[C@H](C(=O)Nc2nn(Cc3ccc(Cl)cc3)cc2Br)[C@@H]2C=C[C@H]1C2. The molecule has 2 aromatic rings. The van der Waals surface area contributed by atoms with Gasteiger partial charge in [-0.1, -0.05) is 35.9 Å². The monoisotopic (exact) mass is 449 g/mol. The number of carboxylic acid groups (broad SMARTS) is 1. The molecule has 0 spiro atoms. The van der Waals surface area contributed by atoms with Crippen molar-refractivity contribution >= 4 is 45.2 Å². The number of carbonyl (C=O) groups is 2. The third kappa shape index (κ3) is 3.53. The molecule has 0 aliphatic heterocycles. The van der Waals surface area contributed by atoms with Gasteiger partial charge in [-0.2, -0.15) is 5.10 Å². The number of carbonyl (C=O) groups excluding carboxylic acids is 1. The zero-order chi connectivity index (χ0) is 19.1. The van der Waals surface area contributed by atoms with E-state index < -0.39 is 17.8 Å². The van der Waals surface area contributed by atoms with Gasteiger partial charge in [-0.15, -0.1) is 0 Å². The van der Waals surface area contributed by atoms with Crippen molar-refractivity contribution in [2.45, 2.75) is 13.0 Å². The second-order valence-corrected chi connectivity index (χ2v) is 8.27. The van der Waals surface area contributed by atoms with Gasteiger partial charge in [0, 0.05) is 11.2 Å². The van der Waals surface area contributed by atoms with Gasteiger partial charge in [0.15, 0.2) is 5.82 Å². The maximum atomic E-state index is 12.8. The number of hydrogen-bond donors (Lipinski definition) is 2.